The Kier molecular flexibility index (Phi) is 6.54. The molecule has 2 aromatic carbocycles. The molecule has 1 N–H and O–H groups in total. The highest BCUT2D eigenvalue weighted by molar-refractivity contribution is 8.15. The summed E-state index contributed by atoms with van der Waals surface area (Å²) < 4.78 is 16.0. The highest BCUT2D eigenvalue weighted by atomic mass is 32.2. The van der Waals surface area contributed by atoms with E-state index in [0.717, 1.165) is 0 Å². The van der Waals surface area contributed by atoms with Gasteiger partial charge in [-0.3, -0.25) is 9.59 Å². The minimum atomic E-state index is -0.547. The van der Waals surface area contributed by atoms with Gasteiger partial charge in [0.2, 0.25) is 5.91 Å². The molecule has 1 atom stereocenters. The summed E-state index contributed by atoms with van der Waals surface area (Å²) in [5.41, 5.74) is 0.562. The first-order valence-electron chi connectivity index (χ1n) is 8.57. The molecular formula is C20H20N2O5S. The molecule has 0 saturated carbocycles. The number of thioether (sulfide) groups is 1. The van der Waals surface area contributed by atoms with E-state index >= 15 is 0 Å². The van der Waals surface area contributed by atoms with Gasteiger partial charge in [-0.1, -0.05) is 30.0 Å². The molecule has 0 aromatic heterocycles. The van der Waals surface area contributed by atoms with Gasteiger partial charge < -0.3 is 19.5 Å². The maximum absolute atomic E-state index is 12.3. The number of para-hydroxylation sites is 1. The SMILES string of the molecule is COc1ccc(NC(=O)C[C@@H]2SC(COc3ccccc3)=NC2=O)cc1OC. The van der Waals surface area contributed by atoms with Crippen LogP contribution in [0.25, 0.3) is 0 Å². The van der Waals surface area contributed by atoms with Gasteiger partial charge in [0, 0.05) is 18.2 Å². The zero-order valence-corrected chi connectivity index (χ0v) is 16.3. The molecule has 2 amide bonds. The summed E-state index contributed by atoms with van der Waals surface area (Å²) in [6, 6.07) is 14.4. The van der Waals surface area contributed by atoms with Crippen molar-refractivity contribution >= 4 is 34.3 Å². The Morgan fingerprint density at radius 2 is 1.86 bits per heavy atom. The van der Waals surface area contributed by atoms with Gasteiger partial charge in [-0.2, -0.15) is 0 Å². The smallest absolute Gasteiger partial charge is 0.260 e. The van der Waals surface area contributed by atoms with Gasteiger partial charge in [-0.05, 0) is 24.3 Å². The van der Waals surface area contributed by atoms with Gasteiger partial charge in [0.05, 0.1) is 14.2 Å². The second-order valence-corrected chi connectivity index (χ2v) is 7.15. The molecule has 3 rings (SSSR count). The number of rotatable bonds is 8. The predicted octanol–water partition coefficient (Wildman–Crippen LogP) is 3.15. The number of hydrogen-bond acceptors (Lipinski definition) is 6. The van der Waals surface area contributed by atoms with E-state index in [4.69, 9.17) is 14.2 Å². The lowest BCUT2D eigenvalue weighted by Crippen LogP contribution is -2.21. The van der Waals surface area contributed by atoms with Crippen LogP contribution in [0.4, 0.5) is 5.69 Å². The molecule has 1 heterocycles. The topological polar surface area (TPSA) is 86.2 Å². The lowest BCUT2D eigenvalue weighted by atomic mass is 10.2. The predicted molar refractivity (Wildman–Crippen MR) is 109 cm³/mol. The number of aliphatic imine (C=N–C) groups is 1. The lowest BCUT2D eigenvalue weighted by Gasteiger charge is -2.11. The van der Waals surface area contributed by atoms with Crippen LogP contribution in [0.2, 0.25) is 0 Å². The first-order valence-corrected chi connectivity index (χ1v) is 9.45. The Labute approximate surface area is 167 Å². The molecule has 0 fully saturated rings. The molecule has 1 aliphatic heterocycles. The Morgan fingerprint density at radius 3 is 2.57 bits per heavy atom. The van der Waals surface area contributed by atoms with Crippen LogP contribution in [-0.4, -0.2) is 42.9 Å². The van der Waals surface area contributed by atoms with E-state index in [1.54, 1.807) is 18.2 Å². The fourth-order valence-electron chi connectivity index (χ4n) is 2.59. The maximum Gasteiger partial charge on any atom is 0.260 e. The molecular weight excluding hydrogens is 380 g/mol. The number of hydrogen-bond donors (Lipinski definition) is 1. The molecule has 0 saturated heterocycles. The average molecular weight is 400 g/mol. The molecule has 0 aliphatic carbocycles. The van der Waals surface area contributed by atoms with Crippen LogP contribution in [-0.2, 0) is 9.59 Å². The Hall–Kier alpha value is -3.00. The Morgan fingerprint density at radius 1 is 1.11 bits per heavy atom. The van der Waals surface area contributed by atoms with Crippen LogP contribution >= 0.6 is 11.8 Å². The van der Waals surface area contributed by atoms with E-state index in [9.17, 15) is 9.59 Å². The Balaban J connectivity index is 1.52. The number of amides is 2. The fourth-order valence-corrected chi connectivity index (χ4v) is 3.57. The van der Waals surface area contributed by atoms with Crippen LogP contribution in [0.1, 0.15) is 6.42 Å². The highest BCUT2D eigenvalue weighted by Crippen LogP contribution is 2.30. The van der Waals surface area contributed by atoms with Crippen LogP contribution in [0.5, 0.6) is 17.2 Å². The van der Waals surface area contributed by atoms with Crippen molar-refractivity contribution in [3.8, 4) is 17.2 Å². The maximum atomic E-state index is 12.3. The quantitative estimate of drug-likeness (QED) is 0.733. The van der Waals surface area contributed by atoms with E-state index < -0.39 is 5.25 Å². The number of methoxy groups -OCH3 is 2. The van der Waals surface area contributed by atoms with Crippen molar-refractivity contribution in [3.63, 3.8) is 0 Å². The third-order valence-electron chi connectivity index (χ3n) is 3.93. The average Bonchev–Trinajstić information content (AvgIpc) is 3.06. The molecule has 0 radical (unpaired) electrons. The van der Waals surface area contributed by atoms with Crippen molar-refractivity contribution in [3.05, 3.63) is 48.5 Å². The molecule has 146 valence electrons. The van der Waals surface area contributed by atoms with Crippen LogP contribution in [0.3, 0.4) is 0 Å². The summed E-state index contributed by atoms with van der Waals surface area (Å²) >= 11 is 1.26. The summed E-state index contributed by atoms with van der Waals surface area (Å²) in [5, 5.41) is 2.79. The van der Waals surface area contributed by atoms with Crippen molar-refractivity contribution < 1.29 is 23.8 Å². The zero-order chi connectivity index (χ0) is 19.9. The molecule has 8 heteroatoms. The van der Waals surface area contributed by atoms with Gasteiger partial charge in [0.15, 0.2) is 11.5 Å². The molecule has 1 aliphatic rings. The first-order chi connectivity index (χ1) is 13.6. The summed E-state index contributed by atoms with van der Waals surface area (Å²) in [7, 11) is 3.06. The van der Waals surface area contributed by atoms with E-state index in [0.29, 0.717) is 28.0 Å². The number of nitrogens with one attached hydrogen (secondary N) is 1. The number of benzene rings is 2. The molecule has 0 unspecified atom stereocenters. The molecule has 7 nitrogen and oxygen atoms in total. The third-order valence-corrected chi connectivity index (χ3v) is 5.07. The van der Waals surface area contributed by atoms with E-state index in [-0.39, 0.29) is 24.8 Å². The number of nitrogens with zero attached hydrogens (tertiary/aromatic N) is 1. The van der Waals surface area contributed by atoms with Gasteiger partial charge >= 0.3 is 0 Å². The summed E-state index contributed by atoms with van der Waals surface area (Å²) in [6.45, 7) is 0.203. The van der Waals surface area contributed by atoms with Crippen molar-refractivity contribution in [2.24, 2.45) is 4.99 Å². The minimum Gasteiger partial charge on any atom is -0.493 e. The van der Waals surface area contributed by atoms with Crippen molar-refractivity contribution in [1.29, 1.82) is 0 Å². The number of carbonyl (C=O) groups excluding carboxylic acids is 2. The fraction of sp³-hybridized carbons (Fsp3) is 0.250. The van der Waals surface area contributed by atoms with Gasteiger partial charge in [0.1, 0.15) is 22.7 Å². The zero-order valence-electron chi connectivity index (χ0n) is 15.5. The van der Waals surface area contributed by atoms with E-state index in [1.165, 1.54) is 26.0 Å². The van der Waals surface area contributed by atoms with Crippen molar-refractivity contribution in [2.45, 2.75) is 11.7 Å². The largest absolute Gasteiger partial charge is 0.493 e. The Bertz CT molecular complexity index is 885. The molecule has 0 spiro atoms. The van der Waals surface area contributed by atoms with Gasteiger partial charge in [-0.25, -0.2) is 4.99 Å². The number of anilines is 1. The molecule has 0 bridgehead atoms. The lowest BCUT2D eigenvalue weighted by molar-refractivity contribution is -0.121. The van der Waals surface area contributed by atoms with Crippen LogP contribution in [0, 0.1) is 0 Å². The van der Waals surface area contributed by atoms with E-state index in [2.05, 4.69) is 10.3 Å². The summed E-state index contributed by atoms with van der Waals surface area (Å²) in [5.74, 6) is 1.18. The molecule has 28 heavy (non-hydrogen) atoms. The van der Waals surface area contributed by atoms with Crippen molar-refractivity contribution in [2.75, 3.05) is 26.1 Å². The van der Waals surface area contributed by atoms with Gasteiger partial charge in [-0.15, -0.1) is 0 Å². The minimum absolute atomic E-state index is 0.0240. The molecule has 2 aromatic rings. The normalized spacial score (nSPS) is 15.7. The van der Waals surface area contributed by atoms with Crippen LogP contribution in [0.15, 0.2) is 53.5 Å². The summed E-state index contributed by atoms with van der Waals surface area (Å²) in [4.78, 5) is 28.4. The second kappa shape index (κ2) is 9.27. The highest BCUT2D eigenvalue weighted by Gasteiger charge is 2.30. The van der Waals surface area contributed by atoms with Crippen molar-refractivity contribution in [1.82, 2.24) is 0 Å². The number of ether oxygens (including phenoxy) is 3. The standard InChI is InChI=1S/C20H20N2O5S/c1-25-15-9-8-13(10-16(15)26-2)21-18(23)11-17-20(24)22-19(28-17)12-27-14-6-4-3-5-7-14/h3-10,17H,11-12H2,1-2H3,(H,21,23)/t17-/m0/s1. The third kappa shape index (κ3) is 5.04. The first kappa shape index (κ1) is 19.8. The van der Waals surface area contributed by atoms with Gasteiger partial charge in [0.25, 0.3) is 5.91 Å². The second-order valence-electron chi connectivity index (χ2n) is 5.87. The summed E-state index contributed by atoms with van der Waals surface area (Å²) in [6.07, 6.45) is 0.0240. The van der Waals surface area contributed by atoms with E-state index in [1.807, 2.05) is 30.3 Å². The monoisotopic (exact) mass is 400 g/mol. The number of carbonyl (C=O) groups is 2. The van der Waals surface area contributed by atoms with Crippen LogP contribution < -0.4 is 19.5 Å².